The molecule has 4 rings (SSSR count). The van der Waals surface area contributed by atoms with E-state index in [0.29, 0.717) is 0 Å². The van der Waals surface area contributed by atoms with Gasteiger partial charge in [-0.05, 0) is 28.1 Å². The van der Waals surface area contributed by atoms with Gasteiger partial charge in [-0.15, -0.1) is 0 Å². The van der Waals surface area contributed by atoms with Crippen LogP contribution in [0.3, 0.4) is 0 Å². The average molecular weight is 380 g/mol. The molecule has 1 heterocycles. The van der Waals surface area contributed by atoms with E-state index in [1.165, 1.54) is 0 Å². The van der Waals surface area contributed by atoms with Crippen LogP contribution < -0.4 is 0 Å². The van der Waals surface area contributed by atoms with E-state index < -0.39 is 36.9 Å². The molecule has 6 nitrogen and oxygen atoms in total. The van der Waals surface area contributed by atoms with E-state index in [-0.39, 0.29) is 19.1 Å². The summed E-state index contributed by atoms with van der Waals surface area (Å²) in [6, 6.07) is 16.1. The van der Waals surface area contributed by atoms with Gasteiger partial charge in [0, 0.05) is 12.5 Å². The number of hydrogen-bond donors (Lipinski definition) is 2. The molecule has 0 amide bonds. The van der Waals surface area contributed by atoms with Crippen molar-refractivity contribution in [2.45, 2.75) is 30.0 Å². The van der Waals surface area contributed by atoms with Crippen molar-refractivity contribution in [3.05, 3.63) is 59.7 Å². The Labute approximate surface area is 164 Å². The molecule has 1 saturated heterocycles. The predicted octanol–water partition coefficient (Wildman–Crippen LogP) is 2.03. The van der Waals surface area contributed by atoms with E-state index in [2.05, 4.69) is 12.1 Å². The molecule has 0 aromatic heterocycles. The highest BCUT2D eigenvalue weighted by Crippen LogP contribution is 2.44. The number of ether oxygens (including phenoxy) is 3. The quantitative estimate of drug-likeness (QED) is 0.624. The average Bonchev–Trinajstić information content (AvgIpc) is 3.03. The molecule has 0 spiro atoms. The first-order valence-electron chi connectivity index (χ1n) is 9.28. The van der Waals surface area contributed by atoms with E-state index in [1.807, 2.05) is 36.4 Å². The lowest BCUT2D eigenvalue weighted by molar-refractivity contribution is -0.154. The zero-order chi connectivity index (χ0) is 19.7. The second-order valence-corrected chi connectivity index (χ2v) is 7.08. The molecule has 1 fully saturated rings. The third-order valence-corrected chi connectivity index (χ3v) is 5.38. The molecule has 4 atom stereocenters. The Bertz CT molecular complexity index is 811. The summed E-state index contributed by atoms with van der Waals surface area (Å²) in [6.07, 6.45) is -3.96. The predicted molar refractivity (Wildman–Crippen MR) is 102 cm³/mol. The summed E-state index contributed by atoms with van der Waals surface area (Å²) in [4.78, 5) is 12.3. The molecule has 3 unspecified atom stereocenters. The van der Waals surface area contributed by atoms with E-state index in [0.717, 1.165) is 22.3 Å². The summed E-state index contributed by atoms with van der Waals surface area (Å²) in [7, 11) is 5.88. The van der Waals surface area contributed by atoms with Gasteiger partial charge in [0.15, 0.2) is 0 Å². The van der Waals surface area contributed by atoms with Crippen LogP contribution in [0.2, 0.25) is 5.82 Å². The van der Waals surface area contributed by atoms with Gasteiger partial charge in [-0.2, -0.15) is 0 Å². The number of hydrogen-bond acceptors (Lipinski definition) is 6. The minimum atomic E-state index is -1.21. The van der Waals surface area contributed by atoms with Crippen LogP contribution in [-0.2, 0) is 14.2 Å². The Hall–Kier alpha value is -2.35. The normalized spacial score (nSPS) is 26.4. The largest absolute Gasteiger partial charge is 0.508 e. The van der Waals surface area contributed by atoms with Crippen LogP contribution in [0.25, 0.3) is 11.1 Å². The first kappa shape index (κ1) is 19.0. The number of carbonyl (C=O) groups is 1. The van der Waals surface area contributed by atoms with Gasteiger partial charge in [0.2, 0.25) is 0 Å². The molecule has 0 bridgehead atoms. The first-order valence-corrected chi connectivity index (χ1v) is 9.28. The smallest absolute Gasteiger partial charge is 0.433 e. The number of benzene rings is 2. The monoisotopic (exact) mass is 380 g/mol. The Kier molecular flexibility index (Phi) is 5.39. The zero-order valence-electron chi connectivity index (χ0n) is 15.2. The Balaban J connectivity index is 1.44. The van der Waals surface area contributed by atoms with Gasteiger partial charge >= 0.3 is 6.16 Å². The number of aliphatic hydroxyl groups is 2. The summed E-state index contributed by atoms with van der Waals surface area (Å²) in [5.41, 5.74) is 4.46. The molecule has 28 heavy (non-hydrogen) atoms. The second-order valence-electron chi connectivity index (χ2n) is 7.08. The molecular weight excluding hydrogens is 359 g/mol. The molecule has 2 radical (unpaired) electrons. The highest BCUT2D eigenvalue weighted by Gasteiger charge is 2.40. The van der Waals surface area contributed by atoms with Crippen LogP contribution in [0.15, 0.2) is 48.5 Å². The molecule has 2 aromatic carbocycles. The summed E-state index contributed by atoms with van der Waals surface area (Å²) in [6.45, 7) is -0.202. The van der Waals surface area contributed by atoms with Crippen molar-refractivity contribution in [3.8, 4) is 11.1 Å². The minimum absolute atomic E-state index is 0.0730. The first-order chi connectivity index (χ1) is 13.6. The summed E-state index contributed by atoms with van der Waals surface area (Å²) < 4.78 is 15.9. The van der Waals surface area contributed by atoms with Gasteiger partial charge in [0.05, 0.1) is 14.5 Å². The molecule has 1 aliphatic heterocycles. The van der Waals surface area contributed by atoms with Crippen LogP contribution in [0.1, 0.15) is 17.0 Å². The molecular formula is C21H21BO6. The van der Waals surface area contributed by atoms with E-state index >= 15 is 0 Å². The van der Waals surface area contributed by atoms with Crippen LogP contribution in [0.5, 0.6) is 0 Å². The van der Waals surface area contributed by atoms with Crippen LogP contribution in [0.4, 0.5) is 4.79 Å². The maximum atomic E-state index is 12.3. The van der Waals surface area contributed by atoms with Crippen molar-refractivity contribution in [2.75, 3.05) is 19.8 Å². The lowest BCUT2D eigenvalue weighted by atomic mass is 9.78. The van der Waals surface area contributed by atoms with Gasteiger partial charge in [-0.25, -0.2) is 4.79 Å². The van der Waals surface area contributed by atoms with E-state index in [1.54, 1.807) is 0 Å². The van der Waals surface area contributed by atoms with Gasteiger partial charge in [-0.3, -0.25) is 0 Å². The number of aliphatic hydroxyl groups excluding tert-OH is 2. The maximum absolute atomic E-state index is 12.3. The van der Waals surface area contributed by atoms with Crippen LogP contribution in [0, 0.1) is 0 Å². The van der Waals surface area contributed by atoms with Crippen molar-refractivity contribution >= 4 is 14.0 Å². The topological polar surface area (TPSA) is 85.2 Å². The molecule has 2 aromatic rings. The lowest BCUT2D eigenvalue weighted by Crippen LogP contribution is -2.51. The van der Waals surface area contributed by atoms with Crippen LogP contribution in [-0.4, -0.2) is 62.3 Å². The van der Waals surface area contributed by atoms with Crippen molar-refractivity contribution in [1.29, 1.82) is 0 Å². The number of carbonyl (C=O) groups excluding carboxylic acids is 1. The Morgan fingerprint density at radius 1 is 1.11 bits per heavy atom. The minimum Gasteiger partial charge on any atom is -0.433 e. The standard InChI is InChI=1S/C21H21BO6/c22-17-11-26-18(9-23)19(24)20(17)28-21(25)27-10-16-14-7-3-1-5-12(14)13-6-2-4-8-15(13)16/h1-8,16-20,23-24H,9-11H2/t17?,18?,19?,20-/m0/s1. The van der Waals surface area contributed by atoms with E-state index in [4.69, 9.17) is 22.1 Å². The van der Waals surface area contributed by atoms with Gasteiger partial charge in [0.1, 0.15) is 24.9 Å². The van der Waals surface area contributed by atoms with Gasteiger partial charge in [-0.1, -0.05) is 48.5 Å². The SMILES string of the molecule is [B]C1COC(CO)C(O)[C@H]1OC(=O)OCC1c2ccccc2-c2ccccc21. The fraction of sp³-hybridized carbons (Fsp3) is 0.381. The third kappa shape index (κ3) is 3.41. The zero-order valence-corrected chi connectivity index (χ0v) is 15.2. The van der Waals surface area contributed by atoms with Crippen molar-refractivity contribution in [2.24, 2.45) is 0 Å². The fourth-order valence-electron chi connectivity index (χ4n) is 3.95. The molecule has 1 aliphatic carbocycles. The van der Waals surface area contributed by atoms with Gasteiger partial charge < -0.3 is 24.4 Å². The van der Waals surface area contributed by atoms with Crippen molar-refractivity contribution in [3.63, 3.8) is 0 Å². The highest BCUT2D eigenvalue weighted by molar-refractivity contribution is 6.12. The molecule has 2 N–H and O–H groups in total. The Morgan fingerprint density at radius 2 is 1.71 bits per heavy atom. The van der Waals surface area contributed by atoms with Crippen molar-refractivity contribution < 1.29 is 29.2 Å². The highest BCUT2D eigenvalue weighted by atomic mass is 16.7. The number of fused-ring (bicyclic) bond motifs is 3. The molecule has 144 valence electrons. The Morgan fingerprint density at radius 3 is 2.32 bits per heavy atom. The summed E-state index contributed by atoms with van der Waals surface area (Å²) in [5.74, 6) is -0.781. The molecule has 7 heteroatoms. The number of rotatable bonds is 4. The molecule has 2 aliphatic rings. The maximum Gasteiger partial charge on any atom is 0.508 e. The van der Waals surface area contributed by atoms with Crippen molar-refractivity contribution in [1.82, 2.24) is 0 Å². The van der Waals surface area contributed by atoms with E-state index in [9.17, 15) is 15.0 Å². The third-order valence-electron chi connectivity index (χ3n) is 5.38. The summed E-state index contributed by atoms with van der Waals surface area (Å²) >= 11 is 0. The molecule has 0 saturated carbocycles. The second kappa shape index (κ2) is 7.95. The van der Waals surface area contributed by atoms with Crippen LogP contribution >= 0.6 is 0 Å². The lowest BCUT2D eigenvalue weighted by Gasteiger charge is -2.37. The fourth-order valence-corrected chi connectivity index (χ4v) is 3.95. The van der Waals surface area contributed by atoms with Gasteiger partial charge in [0.25, 0.3) is 0 Å². The summed E-state index contributed by atoms with van der Waals surface area (Å²) in [5, 5.41) is 19.4.